The van der Waals surface area contributed by atoms with Crippen molar-refractivity contribution in [1.82, 2.24) is 4.90 Å². The monoisotopic (exact) mass is 462 g/mol. The van der Waals surface area contributed by atoms with E-state index in [9.17, 15) is 19.1 Å². The summed E-state index contributed by atoms with van der Waals surface area (Å²) in [5.41, 5.74) is 9.02. The molecule has 3 N–H and O–H groups in total. The van der Waals surface area contributed by atoms with Crippen molar-refractivity contribution in [1.29, 1.82) is 0 Å². The Morgan fingerprint density at radius 3 is 2.26 bits per heavy atom. The van der Waals surface area contributed by atoms with E-state index in [0.29, 0.717) is 38.1 Å². The van der Waals surface area contributed by atoms with Crippen LogP contribution in [0.5, 0.6) is 0 Å². The number of primary amides is 1. The second-order valence-corrected chi connectivity index (χ2v) is 8.70. The predicted octanol–water partition coefficient (Wildman–Crippen LogP) is 4.82. The van der Waals surface area contributed by atoms with Gasteiger partial charge in [-0.25, -0.2) is 9.18 Å². The van der Waals surface area contributed by atoms with Gasteiger partial charge in [0.05, 0.1) is 13.2 Å². The first-order chi connectivity index (χ1) is 16.4. The Hall–Kier alpha value is -3.71. The number of piperidine rings is 1. The van der Waals surface area contributed by atoms with Crippen molar-refractivity contribution in [3.05, 3.63) is 95.3 Å². The van der Waals surface area contributed by atoms with Gasteiger partial charge in [-0.1, -0.05) is 42.5 Å². The molecule has 1 saturated heterocycles. The van der Waals surface area contributed by atoms with Gasteiger partial charge in [0, 0.05) is 24.1 Å². The van der Waals surface area contributed by atoms with E-state index >= 15 is 0 Å². The van der Waals surface area contributed by atoms with Crippen LogP contribution in [-0.2, 0) is 16.8 Å². The highest BCUT2D eigenvalue weighted by molar-refractivity contribution is 5.94. The predicted molar refractivity (Wildman–Crippen MR) is 127 cm³/mol. The highest BCUT2D eigenvalue weighted by Crippen LogP contribution is 2.36. The van der Waals surface area contributed by atoms with Crippen LogP contribution >= 0.6 is 0 Å². The number of carbonyl (C=O) groups excluding carboxylic acids is 1. The largest absolute Gasteiger partial charge is 0.465 e. The van der Waals surface area contributed by atoms with E-state index in [0.717, 1.165) is 22.3 Å². The molecule has 1 aliphatic rings. The molecule has 176 valence electrons. The van der Waals surface area contributed by atoms with Crippen molar-refractivity contribution in [2.24, 2.45) is 5.73 Å². The van der Waals surface area contributed by atoms with Gasteiger partial charge in [-0.2, -0.15) is 0 Å². The van der Waals surface area contributed by atoms with E-state index in [1.54, 1.807) is 24.3 Å². The number of carboxylic acid groups (broad SMARTS) is 1. The normalized spacial score (nSPS) is 15.1. The second-order valence-electron chi connectivity index (χ2n) is 8.70. The van der Waals surface area contributed by atoms with Gasteiger partial charge in [-0.15, -0.1) is 0 Å². The summed E-state index contributed by atoms with van der Waals surface area (Å²) in [6, 6.07) is 21.4. The van der Waals surface area contributed by atoms with Crippen molar-refractivity contribution >= 4 is 12.0 Å². The van der Waals surface area contributed by atoms with E-state index in [4.69, 9.17) is 10.5 Å². The lowest BCUT2D eigenvalue weighted by Gasteiger charge is -2.41. The third-order valence-corrected chi connectivity index (χ3v) is 6.48. The minimum Gasteiger partial charge on any atom is -0.465 e. The highest BCUT2D eigenvalue weighted by Gasteiger charge is 2.37. The molecule has 1 fully saturated rings. The molecule has 0 saturated carbocycles. The van der Waals surface area contributed by atoms with Crippen LogP contribution in [0.2, 0.25) is 0 Å². The molecular weight excluding hydrogens is 435 g/mol. The zero-order valence-electron chi connectivity index (χ0n) is 18.7. The minimum atomic E-state index is -0.904. The van der Waals surface area contributed by atoms with E-state index in [1.165, 1.54) is 17.0 Å². The quantitative estimate of drug-likeness (QED) is 0.527. The molecule has 0 unspecified atom stereocenters. The molecule has 0 radical (unpaired) electrons. The van der Waals surface area contributed by atoms with Crippen LogP contribution in [0.25, 0.3) is 11.1 Å². The number of benzene rings is 3. The van der Waals surface area contributed by atoms with Crippen LogP contribution in [0.3, 0.4) is 0 Å². The van der Waals surface area contributed by atoms with E-state index < -0.39 is 12.0 Å². The summed E-state index contributed by atoms with van der Waals surface area (Å²) in [4.78, 5) is 24.7. The van der Waals surface area contributed by atoms with Crippen molar-refractivity contribution in [3.8, 4) is 11.1 Å². The molecule has 0 spiro atoms. The number of rotatable bonds is 7. The van der Waals surface area contributed by atoms with Crippen molar-refractivity contribution in [3.63, 3.8) is 0 Å². The summed E-state index contributed by atoms with van der Waals surface area (Å²) in [5, 5.41) is 9.35. The fraction of sp³-hybridized carbons (Fsp3) is 0.259. The van der Waals surface area contributed by atoms with E-state index in [1.807, 2.05) is 24.3 Å². The first-order valence-corrected chi connectivity index (χ1v) is 11.2. The molecule has 0 bridgehead atoms. The summed E-state index contributed by atoms with van der Waals surface area (Å²) in [6.07, 6.45) is 0.413. The summed E-state index contributed by atoms with van der Waals surface area (Å²) in [5.74, 6) is -0.884. The number of nitrogens with zero attached hydrogens (tertiary/aromatic N) is 1. The molecule has 3 aromatic rings. The van der Waals surface area contributed by atoms with Crippen LogP contribution in [0.4, 0.5) is 9.18 Å². The molecule has 1 aliphatic heterocycles. The van der Waals surface area contributed by atoms with Crippen LogP contribution in [0.15, 0.2) is 72.8 Å². The lowest BCUT2D eigenvalue weighted by Crippen LogP contribution is -2.46. The number of nitrogens with two attached hydrogens (primary N) is 1. The third kappa shape index (κ3) is 5.26. The van der Waals surface area contributed by atoms with Gasteiger partial charge in [-0.05, 0) is 65.4 Å². The molecule has 34 heavy (non-hydrogen) atoms. The number of halogens is 1. The number of hydrogen-bond acceptors (Lipinski definition) is 3. The van der Waals surface area contributed by atoms with Crippen LogP contribution < -0.4 is 5.73 Å². The summed E-state index contributed by atoms with van der Waals surface area (Å²) >= 11 is 0. The molecule has 2 amide bonds. The maximum absolute atomic E-state index is 13.3. The third-order valence-electron chi connectivity index (χ3n) is 6.48. The summed E-state index contributed by atoms with van der Waals surface area (Å²) < 4.78 is 19.5. The van der Waals surface area contributed by atoms with Crippen molar-refractivity contribution in [2.75, 3.05) is 19.7 Å². The molecule has 0 aliphatic carbocycles. The molecule has 0 aromatic heterocycles. The van der Waals surface area contributed by atoms with Gasteiger partial charge >= 0.3 is 6.09 Å². The topological polar surface area (TPSA) is 92.9 Å². The Morgan fingerprint density at radius 1 is 0.971 bits per heavy atom. The van der Waals surface area contributed by atoms with Crippen molar-refractivity contribution in [2.45, 2.75) is 24.9 Å². The first-order valence-electron chi connectivity index (χ1n) is 11.2. The standard InChI is InChI=1S/C27H27FN2O4/c28-24-8-6-20(7-9-24)21-14-19(15-22(16-21)25(29)31)17-34-18-27(23-4-2-1-3-5-23)10-12-30(13-11-27)26(32)33/h1-9,14-16H,10-13,17-18H2,(H2,29,31)(H,32,33). The van der Waals surface area contributed by atoms with Crippen LogP contribution in [-0.4, -0.2) is 41.7 Å². The Balaban J connectivity index is 1.54. The van der Waals surface area contributed by atoms with Gasteiger partial charge in [0.15, 0.2) is 0 Å². The average molecular weight is 463 g/mol. The SMILES string of the molecule is NC(=O)c1cc(COCC2(c3ccccc3)CCN(C(=O)O)CC2)cc(-c2ccc(F)cc2)c1. The van der Waals surface area contributed by atoms with Crippen molar-refractivity contribution < 1.29 is 23.8 Å². The molecule has 0 atom stereocenters. The van der Waals surface area contributed by atoms with E-state index in [2.05, 4.69) is 12.1 Å². The number of carbonyl (C=O) groups is 2. The number of hydrogen-bond donors (Lipinski definition) is 2. The Kier molecular flexibility index (Phi) is 6.93. The number of amides is 2. The maximum Gasteiger partial charge on any atom is 0.407 e. The molecule has 6 nitrogen and oxygen atoms in total. The number of likely N-dealkylation sites (tertiary alicyclic amines) is 1. The van der Waals surface area contributed by atoms with Gasteiger partial charge in [-0.3, -0.25) is 4.79 Å². The van der Waals surface area contributed by atoms with Gasteiger partial charge in [0.1, 0.15) is 5.82 Å². The smallest absolute Gasteiger partial charge is 0.407 e. The molecular formula is C27H27FN2O4. The number of ether oxygens (including phenoxy) is 1. The van der Waals surface area contributed by atoms with Crippen LogP contribution in [0.1, 0.15) is 34.3 Å². The first kappa shape index (κ1) is 23.4. The maximum atomic E-state index is 13.3. The lowest BCUT2D eigenvalue weighted by atomic mass is 9.73. The molecule has 7 heteroatoms. The summed E-state index contributed by atoms with van der Waals surface area (Å²) in [7, 11) is 0. The zero-order valence-corrected chi connectivity index (χ0v) is 18.7. The zero-order chi connectivity index (χ0) is 24.1. The van der Waals surface area contributed by atoms with Gasteiger partial charge < -0.3 is 20.5 Å². The highest BCUT2D eigenvalue weighted by atomic mass is 19.1. The molecule has 1 heterocycles. The Bertz CT molecular complexity index is 1160. The van der Waals surface area contributed by atoms with Gasteiger partial charge in [0.25, 0.3) is 0 Å². The fourth-order valence-corrected chi connectivity index (χ4v) is 4.52. The minimum absolute atomic E-state index is 0.256. The summed E-state index contributed by atoms with van der Waals surface area (Å²) in [6.45, 7) is 1.56. The fourth-order valence-electron chi connectivity index (χ4n) is 4.52. The van der Waals surface area contributed by atoms with Gasteiger partial charge in [0.2, 0.25) is 5.91 Å². The Morgan fingerprint density at radius 2 is 1.65 bits per heavy atom. The second kappa shape index (κ2) is 10.1. The average Bonchev–Trinajstić information content (AvgIpc) is 2.85. The van der Waals surface area contributed by atoms with Crippen LogP contribution in [0, 0.1) is 5.82 Å². The van der Waals surface area contributed by atoms with E-state index in [-0.39, 0.29) is 17.8 Å². The lowest BCUT2D eigenvalue weighted by molar-refractivity contribution is 0.0368. The molecule has 3 aromatic carbocycles. The Labute approximate surface area is 197 Å². The molecule has 4 rings (SSSR count).